The van der Waals surface area contributed by atoms with Gasteiger partial charge in [0.2, 0.25) is 0 Å². The number of thioether (sulfide) groups is 1. The lowest BCUT2D eigenvalue weighted by Gasteiger charge is -2.08. The highest BCUT2D eigenvalue weighted by Crippen LogP contribution is 2.20. The minimum absolute atomic E-state index is 0.187. The molecule has 0 aliphatic heterocycles. The Bertz CT molecular complexity index is 553. The summed E-state index contributed by atoms with van der Waals surface area (Å²) >= 11 is 6.25. The SMILES string of the molecule is COC(=N)CCCSc1cccc(NC(N)=NCC(F)(F)Cl)n1. The molecule has 0 aromatic carbocycles. The Morgan fingerprint density at radius 3 is 2.96 bits per heavy atom. The number of methoxy groups -OCH3 is 1. The third kappa shape index (κ3) is 9.19. The van der Waals surface area contributed by atoms with Gasteiger partial charge in [-0.15, -0.1) is 11.8 Å². The second kappa shape index (κ2) is 9.51. The predicted molar refractivity (Wildman–Crippen MR) is 89.8 cm³/mol. The zero-order valence-electron chi connectivity index (χ0n) is 12.5. The van der Waals surface area contributed by atoms with Crippen LogP contribution in [0.4, 0.5) is 14.6 Å². The van der Waals surface area contributed by atoms with Gasteiger partial charge in [0.1, 0.15) is 12.4 Å². The number of ether oxygens (including phenoxy) is 1. The van der Waals surface area contributed by atoms with Crippen molar-refractivity contribution in [3.05, 3.63) is 18.2 Å². The first-order valence-corrected chi connectivity index (χ1v) is 8.01. The van der Waals surface area contributed by atoms with Crippen molar-refractivity contribution in [2.75, 3.05) is 24.7 Å². The standard InChI is InChI=1S/C13H18ClF2N5OS/c1-22-9(17)4-3-7-23-11-6-2-5-10(20-11)21-12(18)19-8-13(14,15)16/h2,5-6,17H,3-4,7-8H2,1H3,(H3,18,19,20,21). The highest BCUT2D eigenvalue weighted by Gasteiger charge is 2.23. The fraction of sp³-hybridized carbons (Fsp3) is 0.462. The first-order valence-electron chi connectivity index (χ1n) is 6.65. The number of aliphatic imine (C=N–C) groups is 1. The van der Waals surface area contributed by atoms with E-state index in [9.17, 15) is 8.78 Å². The molecule has 1 rings (SSSR count). The molecule has 0 fully saturated rings. The number of guanidine groups is 1. The van der Waals surface area contributed by atoms with Crippen LogP contribution in [0.2, 0.25) is 0 Å². The first kappa shape index (κ1) is 19.4. The van der Waals surface area contributed by atoms with Crippen molar-refractivity contribution < 1.29 is 13.5 Å². The van der Waals surface area contributed by atoms with Gasteiger partial charge in [-0.1, -0.05) is 6.07 Å². The summed E-state index contributed by atoms with van der Waals surface area (Å²) in [5.41, 5.74) is 5.50. The molecule has 0 aliphatic rings. The van der Waals surface area contributed by atoms with Crippen LogP contribution in [0.1, 0.15) is 12.8 Å². The molecule has 0 amide bonds. The summed E-state index contributed by atoms with van der Waals surface area (Å²) in [4.78, 5) is 7.72. The van der Waals surface area contributed by atoms with Crippen LogP contribution in [0.25, 0.3) is 0 Å². The molecule has 0 saturated carbocycles. The molecule has 1 heterocycles. The first-order chi connectivity index (χ1) is 10.8. The molecule has 0 atom stereocenters. The van der Waals surface area contributed by atoms with Crippen molar-refractivity contribution in [1.82, 2.24) is 4.98 Å². The number of pyridine rings is 1. The largest absolute Gasteiger partial charge is 0.484 e. The number of nitrogens with zero attached hydrogens (tertiary/aromatic N) is 2. The summed E-state index contributed by atoms with van der Waals surface area (Å²) in [7, 11) is 1.47. The summed E-state index contributed by atoms with van der Waals surface area (Å²) in [5.74, 6) is 1.23. The average Bonchev–Trinajstić information content (AvgIpc) is 2.49. The van der Waals surface area contributed by atoms with Crippen LogP contribution in [0.15, 0.2) is 28.2 Å². The molecule has 128 valence electrons. The monoisotopic (exact) mass is 365 g/mol. The van der Waals surface area contributed by atoms with Crippen LogP contribution in [0, 0.1) is 5.41 Å². The van der Waals surface area contributed by atoms with Crippen molar-refractivity contribution >= 4 is 41.0 Å². The van der Waals surface area contributed by atoms with Gasteiger partial charge in [0.05, 0.1) is 12.1 Å². The molecular weight excluding hydrogens is 348 g/mol. The van der Waals surface area contributed by atoms with E-state index in [2.05, 4.69) is 15.3 Å². The molecule has 0 aliphatic carbocycles. The van der Waals surface area contributed by atoms with Crippen molar-refractivity contribution in [3.63, 3.8) is 0 Å². The van der Waals surface area contributed by atoms with Crippen LogP contribution in [-0.4, -0.2) is 41.6 Å². The second-order valence-electron chi connectivity index (χ2n) is 4.38. The van der Waals surface area contributed by atoms with E-state index in [1.165, 1.54) is 18.9 Å². The van der Waals surface area contributed by atoms with E-state index in [0.29, 0.717) is 12.2 Å². The lowest BCUT2D eigenvalue weighted by atomic mass is 10.3. The van der Waals surface area contributed by atoms with Gasteiger partial charge in [-0.2, -0.15) is 8.78 Å². The van der Waals surface area contributed by atoms with Gasteiger partial charge in [-0.3, -0.25) is 5.41 Å². The normalized spacial score (nSPS) is 12.1. The van der Waals surface area contributed by atoms with E-state index in [4.69, 9.17) is 27.5 Å². The predicted octanol–water partition coefficient (Wildman–Crippen LogP) is 3.14. The maximum absolute atomic E-state index is 12.5. The van der Waals surface area contributed by atoms with E-state index >= 15 is 0 Å². The Kier molecular flexibility index (Phi) is 8.04. The summed E-state index contributed by atoms with van der Waals surface area (Å²) < 4.78 is 29.7. The number of alkyl halides is 3. The Morgan fingerprint density at radius 1 is 1.57 bits per heavy atom. The number of hydrogen-bond donors (Lipinski definition) is 3. The fourth-order valence-electron chi connectivity index (χ4n) is 1.42. The average molecular weight is 366 g/mol. The number of nitrogens with one attached hydrogen (secondary N) is 2. The van der Waals surface area contributed by atoms with E-state index in [0.717, 1.165) is 17.2 Å². The van der Waals surface area contributed by atoms with Crippen molar-refractivity contribution in [2.24, 2.45) is 10.7 Å². The molecule has 0 bridgehead atoms. The van der Waals surface area contributed by atoms with Crippen LogP contribution in [0.3, 0.4) is 0 Å². The van der Waals surface area contributed by atoms with Gasteiger partial charge in [0.25, 0.3) is 0 Å². The van der Waals surface area contributed by atoms with E-state index in [1.807, 2.05) is 6.07 Å². The minimum atomic E-state index is -3.42. The molecule has 0 spiro atoms. The number of nitrogens with two attached hydrogens (primary N) is 1. The molecular formula is C13H18ClF2N5OS. The zero-order chi connectivity index (χ0) is 17.3. The summed E-state index contributed by atoms with van der Waals surface area (Å²) in [5, 5.41) is 7.32. The topological polar surface area (TPSA) is 96.4 Å². The maximum atomic E-state index is 12.5. The molecule has 6 nitrogen and oxygen atoms in total. The van der Waals surface area contributed by atoms with Crippen molar-refractivity contribution in [2.45, 2.75) is 23.2 Å². The minimum Gasteiger partial charge on any atom is -0.484 e. The lowest BCUT2D eigenvalue weighted by Crippen LogP contribution is -2.25. The fourth-order valence-corrected chi connectivity index (χ4v) is 2.32. The molecule has 0 unspecified atom stereocenters. The van der Waals surface area contributed by atoms with Gasteiger partial charge >= 0.3 is 5.38 Å². The van der Waals surface area contributed by atoms with Crippen LogP contribution >= 0.6 is 23.4 Å². The summed E-state index contributed by atoms with van der Waals surface area (Å²) in [6.07, 6.45) is 1.35. The maximum Gasteiger partial charge on any atom is 0.341 e. The molecule has 4 N–H and O–H groups in total. The van der Waals surface area contributed by atoms with Crippen LogP contribution in [0.5, 0.6) is 0 Å². The third-order valence-corrected chi connectivity index (χ3v) is 3.59. The number of anilines is 1. The molecule has 10 heteroatoms. The van der Waals surface area contributed by atoms with Gasteiger partial charge < -0.3 is 15.8 Å². The highest BCUT2D eigenvalue weighted by molar-refractivity contribution is 7.99. The molecule has 1 aromatic heterocycles. The summed E-state index contributed by atoms with van der Waals surface area (Å²) in [6.45, 7) is -0.909. The quantitative estimate of drug-likeness (QED) is 0.216. The third-order valence-electron chi connectivity index (χ3n) is 2.45. The van der Waals surface area contributed by atoms with Crippen LogP contribution in [-0.2, 0) is 4.74 Å². The van der Waals surface area contributed by atoms with Gasteiger partial charge in [-0.05, 0) is 35.9 Å². The number of aromatic nitrogens is 1. The van der Waals surface area contributed by atoms with E-state index in [-0.39, 0.29) is 11.9 Å². The molecule has 0 saturated heterocycles. The number of hydrogen-bond acceptors (Lipinski definition) is 5. The van der Waals surface area contributed by atoms with Gasteiger partial charge in [0.15, 0.2) is 11.9 Å². The molecule has 23 heavy (non-hydrogen) atoms. The van der Waals surface area contributed by atoms with Crippen molar-refractivity contribution in [3.8, 4) is 0 Å². The second-order valence-corrected chi connectivity index (χ2v) is 6.05. The van der Waals surface area contributed by atoms with E-state index < -0.39 is 11.9 Å². The lowest BCUT2D eigenvalue weighted by molar-refractivity contribution is 0.107. The number of rotatable bonds is 8. The van der Waals surface area contributed by atoms with Crippen LogP contribution < -0.4 is 11.1 Å². The van der Waals surface area contributed by atoms with Gasteiger partial charge in [-0.25, -0.2) is 9.98 Å². The Morgan fingerprint density at radius 2 is 2.30 bits per heavy atom. The van der Waals surface area contributed by atoms with E-state index in [1.54, 1.807) is 12.1 Å². The highest BCUT2D eigenvalue weighted by atomic mass is 35.5. The van der Waals surface area contributed by atoms with Crippen molar-refractivity contribution in [1.29, 1.82) is 5.41 Å². The Hall–Kier alpha value is -1.61. The van der Waals surface area contributed by atoms with Gasteiger partial charge in [0, 0.05) is 6.42 Å². The molecule has 0 radical (unpaired) electrons. The smallest absolute Gasteiger partial charge is 0.341 e. The zero-order valence-corrected chi connectivity index (χ0v) is 14.1. The summed E-state index contributed by atoms with van der Waals surface area (Å²) in [6, 6.07) is 5.22. The number of halogens is 3. The Labute approximate surface area is 142 Å². The molecule has 1 aromatic rings. The Balaban J connectivity index is 2.48.